The van der Waals surface area contributed by atoms with Crippen molar-refractivity contribution >= 4 is 17.5 Å². The minimum Gasteiger partial charge on any atom is -0.351 e. The van der Waals surface area contributed by atoms with Crippen LogP contribution in [0.4, 0.5) is 5.69 Å². The molecule has 0 aromatic heterocycles. The molecule has 5 heteroatoms. The van der Waals surface area contributed by atoms with E-state index in [1.165, 1.54) is 0 Å². The topological polar surface area (TPSA) is 61.4 Å². The molecule has 0 bridgehead atoms. The standard InChI is InChI=1S/C20H25N3O2/c1-4-15-8-5-6-11-18(15)22-20(25)17-10-7-9-16(14-17)19(24)21-12-13-23(2)3/h5-11,14H,4,12-13H2,1-3H3,(H,21,24)(H,22,25). The molecule has 25 heavy (non-hydrogen) atoms. The molecule has 2 rings (SSSR count). The first-order valence-electron chi connectivity index (χ1n) is 8.43. The monoisotopic (exact) mass is 339 g/mol. The van der Waals surface area contributed by atoms with Crippen LogP contribution in [0.5, 0.6) is 0 Å². The SMILES string of the molecule is CCc1ccccc1NC(=O)c1cccc(C(=O)NCCN(C)C)c1. The van der Waals surface area contributed by atoms with Crippen molar-refractivity contribution in [1.29, 1.82) is 0 Å². The molecule has 0 aliphatic rings. The Bertz CT molecular complexity index is 741. The van der Waals surface area contributed by atoms with Gasteiger partial charge in [-0.2, -0.15) is 0 Å². The Morgan fingerprint density at radius 2 is 1.64 bits per heavy atom. The van der Waals surface area contributed by atoms with Crippen molar-refractivity contribution in [2.24, 2.45) is 0 Å². The number of anilines is 1. The number of benzene rings is 2. The number of nitrogens with zero attached hydrogens (tertiary/aromatic N) is 1. The summed E-state index contributed by atoms with van der Waals surface area (Å²) in [6, 6.07) is 14.5. The molecule has 0 aliphatic carbocycles. The molecule has 0 atom stereocenters. The largest absolute Gasteiger partial charge is 0.351 e. The van der Waals surface area contributed by atoms with E-state index in [9.17, 15) is 9.59 Å². The smallest absolute Gasteiger partial charge is 0.255 e. The summed E-state index contributed by atoms with van der Waals surface area (Å²) in [5.74, 6) is -0.394. The van der Waals surface area contributed by atoms with Gasteiger partial charge in [0, 0.05) is 29.9 Å². The fourth-order valence-electron chi connectivity index (χ4n) is 2.44. The van der Waals surface area contributed by atoms with Gasteiger partial charge in [0.05, 0.1) is 0 Å². The second kappa shape index (κ2) is 8.99. The zero-order valence-electron chi connectivity index (χ0n) is 15.0. The van der Waals surface area contributed by atoms with Crippen LogP contribution in [-0.4, -0.2) is 43.9 Å². The van der Waals surface area contributed by atoms with Crippen LogP contribution in [-0.2, 0) is 6.42 Å². The van der Waals surface area contributed by atoms with Gasteiger partial charge in [-0.05, 0) is 50.3 Å². The number of para-hydroxylation sites is 1. The van der Waals surface area contributed by atoms with Crippen molar-refractivity contribution < 1.29 is 9.59 Å². The molecule has 0 unspecified atom stereocenters. The van der Waals surface area contributed by atoms with E-state index in [1.807, 2.05) is 50.2 Å². The molecule has 0 fully saturated rings. The van der Waals surface area contributed by atoms with Crippen LogP contribution in [0.25, 0.3) is 0 Å². The van der Waals surface area contributed by atoms with Crippen LogP contribution in [0.2, 0.25) is 0 Å². The minimum atomic E-state index is -0.219. The van der Waals surface area contributed by atoms with Gasteiger partial charge in [-0.15, -0.1) is 0 Å². The molecular weight excluding hydrogens is 314 g/mol. The van der Waals surface area contributed by atoms with E-state index in [2.05, 4.69) is 10.6 Å². The van der Waals surface area contributed by atoms with E-state index in [4.69, 9.17) is 0 Å². The third-order valence-electron chi connectivity index (χ3n) is 3.88. The van der Waals surface area contributed by atoms with Gasteiger partial charge in [-0.25, -0.2) is 0 Å². The van der Waals surface area contributed by atoms with Gasteiger partial charge in [0.1, 0.15) is 0 Å². The van der Waals surface area contributed by atoms with Crippen molar-refractivity contribution in [3.8, 4) is 0 Å². The van der Waals surface area contributed by atoms with Crippen molar-refractivity contribution in [2.75, 3.05) is 32.5 Å². The molecule has 5 nitrogen and oxygen atoms in total. The summed E-state index contributed by atoms with van der Waals surface area (Å²) in [6.45, 7) is 3.37. The summed E-state index contributed by atoms with van der Waals surface area (Å²) >= 11 is 0. The van der Waals surface area contributed by atoms with Crippen LogP contribution < -0.4 is 10.6 Å². The first kappa shape index (κ1) is 18.7. The highest BCUT2D eigenvalue weighted by Gasteiger charge is 2.11. The first-order valence-corrected chi connectivity index (χ1v) is 8.43. The molecule has 0 heterocycles. The lowest BCUT2D eigenvalue weighted by molar-refractivity contribution is 0.0951. The van der Waals surface area contributed by atoms with Crippen LogP contribution in [0, 0.1) is 0 Å². The maximum atomic E-state index is 12.5. The van der Waals surface area contributed by atoms with E-state index >= 15 is 0 Å². The lowest BCUT2D eigenvalue weighted by Gasteiger charge is -2.12. The van der Waals surface area contributed by atoms with E-state index in [0.29, 0.717) is 17.7 Å². The zero-order chi connectivity index (χ0) is 18.2. The molecule has 2 N–H and O–H groups in total. The Kier molecular flexibility index (Phi) is 6.71. The fraction of sp³-hybridized carbons (Fsp3) is 0.300. The quantitative estimate of drug-likeness (QED) is 0.815. The Morgan fingerprint density at radius 1 is 0.960 bits per heavy atom. The van der Waals surface area contributed by atoms with Gasteiger partial charge in [0.15, 0.2) is 0 Å². The number of amides is 2. The average Bonchev–Trinajstić information content (AvgIpc) is 2.61. The number of likely N-dealkylation sites (N-methyl/N-ethyl adjacent to an activating group) is 1. The summed E-state index contributed by atoms with van der Waals surface area (Å²) < 4.78 is 0. The van der Waals surface area contributed by atoms with Crippen LogP contribution in [0.15, 0.2) is 48.5 Å². The maximum absolute atomic E-state index is 12.5. The highest BCUT2D eigenvalue weighted by molar-refractivity contribution is 6.06. The van der Waals surface area contributed by atoms with Gasteiger partial charge in [0.2, 0.25) is 0 Å². The molecule has 2 aromatic carbocycles. The van der Waals surface area contributed by atoms with Gasteiger partial charge < -0.3 is 15.5 Å². The van der Waals surface area contributed by atoms with E-state index < -0.39 is 0 Å². The van der Waals surface area contributed by atoms with Gasteiger partial charge in [0.25, 0.3) is 11.8 Å². The van der Waals surface area contributed by atoms with Crippen LogP contribution in [0.1, 0.15) is 33.2 Å². The summed E-state index contributed by atoms with van der Waals surface area (Å²) in [7, 11) is 3.90. The van der Waals surface area contributed by atoms with Crippen LogP contribution in [0.3, 0.4) is 0 Å². The Balaban J connectivity index is 2.07. The number of aryl methyl sites for hydroxylation is 1. The van der Waals surface area contributed by atoms with E-state index in [0.717, 1.165) is 24.2 Å². The zero-order valence-corrected chi connectivity index (χ0v) is 15.0. The number of nitrogens with one attached hydrogen (secondary N) is 2. The third kappa shape index (κ3) is 5.43. The molecule has 0 saturated heterocycles. The first-order chi connectivity index (χ1) is 12.0. The van der Waals surface area contributed by atoms with E-state index in [-0.39, 0.29) is 11.8 Å². The summed E-state index contributed by atoms with van der Waals surface area (Å²) in [5.41, 5.74) is 2.82. The molecule has 0 saturated carbocycles. The van der Waals surface area contributed by atoms with Gasteiger partial charge in [-0.3, -0.25) is 9.59 Å². The number of carbonyl (C=O) groups excluding carboxylic acids is 2. The average molecular weight is 339 g/mol. The predicted molar refractivity (Wildman–Crippen MR) is 101 cm³/mol. The predicted octanol–water partition coefficient (Wildman–Crippen LogP) is 2.79. The number of rotatable bonds is 7. The highest BCUT2D eigenvalue weighted by atomic mass is 16.2. The fourth-order valence-corrected chi connectivity index (χ4v) is 2.44. The van der Waals surface area contributed by atoms with Crippen molar-refractivity contribution in [3.63, 3.8) is 0 Å². The Labute approximate surface area is 149 Å². The maximum Gasteiger partial charge on any atom is 0.255 e. The number of hydrogen-bond donors (Lipinski definition) is 2. The normalized spacial score (nSPS) is 10.6. The summed E-state index contributed by atoms with van der Waals surface area (Å²) in [5, 5.41) is 5.78. The molecule has 0 spiro atoms. The van der Waals surface area contributed by atoms with Crippen LogP contribution >= 0.6 is 0 Å². The van der Waals surface area contributed by atoms with Gasteiger partial charge in [-0.1, -0.05) is 31.2 Å². The minimum absolute atomic E-state index is 0.176. The lowest BCUT2D eigenvalue weighted by atomic mass is 10.1. The summed E-state index contributed by atoms with van der Waals surface area (Å²) in [4.78, 5) is 26.7. The van der Waals surface area contributed by atoms with Crippen molar-refractivity contribution in [1.82, 2.24) is 10.2 Å². The Morgan fingerprint density at radius 3 is 2.32 bits per heavy atom. The molecule has 2 amide bonds. The molecule has 132 valence electrons. The number of carbonyl (C=O) groups is 2. The number of hydrogen-bond acceptors (Lipinski definition) is 3. The molecule has 0 aliphatic heterocycles. The Hall–Kier alpha value is -2.66. The molecule has 0 radical (unpaired) electrons. The third-order valence-corrected chi connectivity index (χ3v) is 3.88. The second-order valence-corrected chi connectivity index (χ2v) is 6.10. The van der Waals surface area contributed by atoms with Crippen molar-refractivity contribution in [3.05, 3.63) is 65.2 Å². The second-order valence-electron chi connectivity index (χ2n) is 6.10. The molecule has 2 aromatic rings. The highest BCUT2D eigenvalue weighted by Crippen LogP contribution is 2.17. The molecular formula is C20H25N3O2. The van der Waals surface area contributed by atoms with Crippen molar-refractivity contribution in [2.45, 2.75) is 13.3 Å². The van der Waals surface area contributed by atoms with Gasteiger partial charge >= 0.3 is 0 Å². The lowest BCUT2D eigenvalue weighted by Crippen LogP contribution is -2.31. The van der Waals surface area contributed by atoms with E-state index in [1.54, 1.807) is 24.3 Å². The summed E-state index contributed by atoms with van der Waals surface area (Å²) in [6.07, 6.45) is 0.838.